The second-order valence-electron chi connectivity index (χ2n) is 4.47. The van der Waals surface area contributed by atoms with Gasteiger partial charge in [0, 0.05) is 0 Å². The molecule has 0 radical (unpaired) electrons. The minimum absolute atomic E-state index is 0.0943. The van der Waals surface area contributed by atoms with E-state index in [1.54, 1.807) is 18.2 Å². The van der Waals surface area contributed by atoms with E-state index in [9.17, 15) is 14.0 Å². The molecule has 0 unspecified atom stereocenters. The molecule has 0 aliphatic rings. The van der Waals surface area contributed by atoms with E-state index in [-0.39, 0.29) is 18.0 Å². The maximum Gasteiger partial charge on any atom is 0.254 e. The van der Waals surface area contributed by atoms with E-state index >= 15 is 0 Å². The highest BCUT2D eigenvalue weighted by molar-refractivity contribution is 5.97. The van der Waals surface area contributed by atoms with E-state index in [1.807, 2.05) is 0 Å². The van der Waals surface area contributed by atoms with Crippen molar-refractivity contribution in [1.82, 2.24) is 10.6 Å². The van der Waals surface area contributed by atoms with Gasteiger partial charge in [-0.15, -0.1) is 0 Å². The first kappa shape index (κ1) is 14.8. The summed E-state index contributed by atoms with van der Waals surface area (Å²) in [6, 6.07) is 8.25. The lowest BCUT2D eigenvalue weighted by atomic mass is 10.2. The number of amides is 2. The summed E-state index contributed by atoms with van der Waals surface area (Å²) in [4.78, 5) is 23.7. The van der Waals surface area contributed by atoms with Crippen molar-refractivity contribution in [3.8, 4) is 0 Å². The number of benzene rings is 1. The van der Waals surface area contributed by atoms with Gasteiger partial charge in [0.1, 0.15) is 17.6 Å². The molecule has 1 heterocycles. The molecule has 0 fully saturated rings. The number of halogens is 1. The Morgan fingerprint density at radius 2 is 2.00 bits per heavy atom. The van der Waals surface area contributed by atoms with Gasteiger partial charge in [-0.2, -0.15) is 0 Å². The first-order chi connectivity index (χ1) is 10.1. The molecule has 110 valence electrons. The fraction of sp³-hybridized carbons (Fsp3) is 0.200. The van der Waals surface area contributed by atoms with Gasteiger partial charge in [-0.05, 0) is 31.2 Å². The standard InChI is InChI=1S/C15H15FN2O3/c1-10(14(19)17-9-11-5-4-8-21-11)18-15(20)12-6-2-3-7-13(12)16/h2-8,10H,9H2,1H3,(H,17,19)(H,18,20)/t10-/m1/s1. The van der Waals surface area contributed by atoms with Crippen molar-refractivity contribution in [3.63, 3.8) is 0 Å². The van der Waals surface area contributed by atoms with Gasteiger partial charge in [-0.1, -0.05) is 12.1 Å². The Balaban J connectivity index is 1.88. The van der Waals surface area contributed by atoms with E-state index < -0.39 is 17.8 Å². The molecule has 1 atom stereocenters. The molecule has 0 saturated carbocycles. The summed E-state index contributed by atoms with van der Waals surface area (Å²) in [5.41, 5.74) is -0.0943. The third kappa shape index (κ3) is 3.92. The van der Waals surface area contributed by atoms with Gasteiger partial charge in [-0.25, -0.2) is 4.39 Å². The summed E-state index contributed by atoms with van der Waals surface area (Å²) >= 11 is 0. The maximum atomic E-state index is 13.5. The van der Waals surface area contributed by atoms with Crippen molar-refractivity contribution >= 4 is 11.8 Å². The first-order valence-electron chi connectivity index (χ1n) is 6.43. The van der Waals surface area contributed by atoms with Crippen molar-refractivity contribution in [2.24, 2.45) is 0 Å². The van der Waals surface area contributed by atoms with Crippen LogP contribution in [0.15, 0.2) is 47.1 Å². The number of carbonyl (C=O) groups is 2. The number of furan rings is 1. The van der Waals surface area contributed by atoms with E-state index in [0.717, 1.165) is 0 Å². The Morgan fingerprint density at radius 1 is 1.24 bits per heavy atom. The number of hydrogen-bond donors (Lipinski definition) is 2. The lowest BCUT2D eigenvalue weighted by molar-refractivity contribution is -0.122. The lowest BCUT2D eigenvalue weighted by Crippen LogP contribution is -2.44. The summed E-state index contributed by atoms with van der Waals surface area (Å²) < 4.78 is 18.5. The van der Waals surface area contributed by atoms with Crippen LogP contribution < -0.4 is 10.6 Å². The van der Waals surface area contributed by atoms with Crippen LogP contribution in [-0.4, -0.2) is 17.9 Å². The van der Waals surface area contributed by atoms with Crippen LogP contribution in [0.4, 0.5) is 4.39 Å². The van der Waals surface area contributed by atoms with Crippen molar-refractivity contribution in [1.29, 1.82) is 0 Å². The van der Waals surface area contributed by atoms with Gasteiger partial charge in [0.25, 0.3) is 5.91 Å². The van der Waals surface area contributed by atoms with Crippen LogP contribution in [0.1, 0.15) is 23.0 Å². The summed E-state index contributed by atoms with van der Waals surface area (Å²) in [5.74, 6) is -1.03. The number of rotatable bonds is 5. The second-order valence-corrected chi connectivity index (χ2v) is 4.47. The second kappa shape index (κ2) is 6.69. The quantitative estimate of drug-likeness (QED) is 0.883. The number of carbonyl (C=O) groups excluding carboxylic acids is 2. The summed E-state index contributed by atoms with van der Waals surface area (Å²) in [7, 11) is 0. The van der Waals surface area contributed by atoms with Crippen LogP contribution in [0.2, 0.25) is 0 Å². The van der Waals surface area contributed by atoms with Gasteiger partial charge in [0.2, 0.25) is 5.91 Å². The fourth-order valence-electron chi connectivity index (χ4n) is 1.73. The minimum atomic E-state index is -0.785. The highest BCUT2D eigenvalue weighted by Crippen LogP contribution is 2.06. The topological polar surface area (TPSA) is 71.3 Å². The molecule has 0 saturated heterocycles. The molecule has 0 spiro atoms. The molecule has 5 nitrogen and oxygen atoms in total. The summed E-state index contributed by atoms with van der Waals surface area (Å²) in [6.07, 6.45) is 1.50. The van der Waals surface area contributed by atoms with Gasteiger partial charge < -0.3 is 15.1 Å². The molecule has 2 N–H and O–H groups in total. The van der Waals surface area contributed by atoms with E-state index in [2.05, 4.69) is 10.6 Å². The monoisotopic (exact) mass is 290 g/mol. The minimum Gasteiger partial charge on any atom is -0.467 e. The molecule has 2 aromatic rings. The van der Waals surface area contributed by atoms with Crippen LogP contribution in [0.25, 0.3) is 0 Å². The van der Waals surface area contributed by atoms with E-state index in [4.69, 9.17) is 4.42 Å². The Labute approximate surface area is 121 Å². The van der Waals surface area contributed by atoms with Crippen LogP contribution in [0, 0.1) is 5.82 Å². The number of hydrogen-bond acceptors (Lipinski definition) is 3. The zero-order valence-electron chi connectivity index (χ0n) is 11.4. The summed E-state index contributed by atoms with van der Waals surface area (Å²) in [6.45, 7) is 1.75. The van der Waals surface area contributed by atoms with E-state index in [0.29, 0.717) is 5.76 Å². The van der Waals surface area contributed by atoms with Crippen LogP contribution in [0.5, 0.6) is 0 Å². The van der Waals surface area contributed by atoms with Gasteiger partial charge in [0.15, 0.2) is 0 Å². The van der Waals surface area contributed by atoms with Gasteiger partial charge in [0.05, 0.1) is 18.4 Å². The largest absolute Gasteiger partial charge is 0.467 e. The normalized spacial score (nSPS) is 11.7. The average Bonchev–Trinajstić information content (AvgIpc) is 2.98. The Bertz CT molecular complexity index is 626. The highest BCUT2D eigenvalue weighted by atomic mass is 19.1. The molecular weight excluding hydrogens is 275 g/mol. The van der Waals surface area contributed by atoms with Gasteiger partial charge >= 0.3 is 0 Å². The maximum absolute atomic E-state index is 13.5. The highest BCUT2D eigenvalue weighted by Gasteiger charge is 2.18. The van der Waals surface area contributed by atoms with Crippen LogP contribution in [-0.2, 0) is 11.3 Å². The Morgan fingerprint density at radius 3 is 2.67 bits per heavy atom. The van der Waals surface area contributed by atoms with Crippen molar-refractivity contribution in [2.45, 2.75) is 19.5 Å². The van der Waals surface area contributed by atoms with Crippen LogP contribution in [0.3, 0.4) is 0 Å². The first-order valence-corrected chi connectivity index (χ1v) is 6.43. The molecule has 0 aliphatic heterocycles. The SMILES string of the molecule is C[C@@H](NC(=O)c1ccccc1F)C(=O)NCc1ccco1. The van der Waals surface area contributed by atoms with Crippen LogP contribution >= 0.6 is 0 Å². The van der Waals surface area contributed by atoms with E-state index in [1.165, 1.54) is 31.4 Å². The predicted molar refractivity (Wildman–Crippen MR) is 73.9 cm³/mol. The number of nitrogens with one attached hydrogen (secondary N) is 2. The molecule has 0 aliphatic carbocycles. The Kier molecular flexibility index (Phi) is 4.71. The average molecular weight is 290 g/mol. The zero-order chi connectivity index (χ0) is 15.2. The zero-order valence-corrected chi connectivity index (χ0v) is 11.4. The van der Waals surface area contributed by atoms with Crippen molar-refractivity contribution in [3.05, 3.63) is 59.8 Å². The Hall–Kier alpha value is -2.63. The molecule has 21 heavy (non-hydrogen) atoms. The molecule has 6 heteroatoms. The lowest BCUT2D eigenvalue weighted by Gasteiger charge is -2.13. The summed E-state index contributed by atoms with van der Waals surface area (Å²) in [5, 5.41) is 5.06. The third-order valence-corrected chi connectivity index (χ3v) is 2.88. The molecule has 1 aromatic carbocycles. The molecular formula is C15H15FN2O3. The fourth-order valence-corrected chi connectivity index (χ4v) is 1.73. The van der Waals surface area contributed by atoms with Gasteiger partial charge in [-0.3, -0.25) is 9.59 Å². The smallest absolute Gasteiger partial charge is 0.254 e. The molecule has 2 amide bonds. The third-order valence-electron chi connectivity index (χ3n) is 2.88. The molecule has 1 aromatic heterocycles. The van der Waals surface area contributed by atoms with Crippen molar-refractivity contribution < 1.29 is 18.4 Å². The predicted octanol–water partition coefficient (Wildman–Crippen LogP) is 1.85. The molecule has 2 rings (SSSR count). The van der Waals surface area contributed by atoms with Crippen molar-refractivity contribution in [2.75, 3.05) is 0 Å². The molecule has 0 bridgehead atoms.